The van der Waals surface area contributed by atoms with Crippen LogP contribution in [0.1, 0.15) is 30.1 Å². The molecule has 2 aromatic rings. The molecule has 4 rings (SSSR count). The second kappa shape index (κ2) is 6.01. The predicted molar refractivity (Wildman–Crippen MR) is 90.7 cm³/mol. The third kappa shape index (κ3) is 2.78. The highest BCUT2D eigenvalue weighted by atomic mass is 32.1. The van der Waals surface area contributed by atoms with Gasteiger partial charge in [-0.25, -0.2) is 0 Å². The van der Waals surface area contributed by atoms with Crippen molar-refractivity contribution in [3.05, 3.63) is 50.5 Å². The van der Waals surface area contributed by atoms with Gasteiger partial charge >= 0.3 is 0 Å². The largest absolute Gasteiger partial charge is 0.348 e. The van der Waals surface area contributed by atoms with Gasteiger partial charge in [0.2, 0.25) is 0 Å². The van der Waals surface area contributed by atoms with E-state index in [1.807, 2.05) is 17.7 Å². The Morgan fingerprint density at radius 1 is 1.44 bits per heavy atom. The zero-order valence-electron chi connectivity index (χ0n) is 13.7. The number of nitro groups is 1. The number of rotatable bonds is 4. The van der Waals surface area contributed by atoms with Crippen molar-refractivity contribution < 1.29 is 14.4 Å². The summed E-state index contributed by atoms with van der Waals surface area (Å²) in [5.41, 5.74) is 0.922. The van der Waals surface area contributed by atoms with Gasteiger partial charge in [-0.15, -0.1) is 0 Å². The Morgan fingerprint density at radius 3 is 2.76 bits per heavy atom. The summed E-state index contributed by atoms with van der Waals surface area (Å²) >= 11 is 5.24. The monoisotopic (exact) mass is 362 g/mol. The second-order valence-corrected chi connectivity index (χ2v) is 6.94. The molecule has 1 unspecified atom stereocenters. The Hall–Kier alpha value is -2.10. The molecule has 0 amide bonds. The van der Waals surface area contributed by atoms with Crippen LogP contribution in [0.4, 0.5) is 5.69 Å². The number of nitro benzene ring substituents is 1. The lowest BCUT2D eigenvalue weighted by Gasteiger charge is -2.46. The number of aromatic amines is 1. The van der Waals surface area contributed by atoms with Crippen LogP contribution >= 0.6 is 12.2 Å². The van der Waals surface area contributed by atoms with Crippen LogP contribution in [0.15, 0.2) is 24.3 Å². The van der Waals surface area contributed by atoms with E-state index in [2.05, 4.69) is 10.2 Å². The van der Waals surface area contributed by atoms with Gasteiger partial charge in [-0.1, -0.05) is 12.1 Å². The van der Waals surface area contributed by atoms with E-state index in [0.29, 0.717) is 18.0 Å². The molecule has 25 heavy (non-hydrogen) atoms. The summed E-state index contributed by atoms with van der Waals surface area (Å²) in [6.45, 7) is 1.22. The first kappa shape index (κ1) is 16.4. The molecule has 1 N–H and O–H groups in total. The van der Waals surface area contributed by atoms with Gasteiger partial charge in [0, 0.05) is 37.9 Å². The quantitative estimate of drug-likeness (QED) is 0.510. The van der Waals surface area contributed by atoms with E-state index in [-0.39, 0.29) is 22.4 Å². The topological polar surface area (TPSA) is 95.2 Å². The predicted octanol–water partition coefficient (Wildman–Crippen LogP) is 2.67. The molecule has 9 heteroatoms. The molecular formula is C16H18N4O4S. The minimum absolute atomic E-state index is 0.0710. The van der Waals surface area contributed by atoms with Gasteiger partial charge in [0.05, 0.1) is 18.1 Å². The van der Waals surface area contributed by atoms with Crippen LogP contribution in [0, 0.1) is 20.8 Å². The highest BCUT2D eigenvalue weighted by molar-refractivity contribution is 7.71. The van der Waals surface area contributed by atoms with Gasteiger partial charge in [-0.2, -0.15) is 5.10 Å². The van der Waals surface area contributed by atoms with Crippen LogP contribution in [-0.2, 0) is 16.5 Å². The number of nitrogens with zero attached hydrogens (tertiary/aromatic N) is 3. The van der Waals surface area contributed by atoms with Crippen molar-refractivity contribution in [1.82, 2.24) is 14.8 Å². The zero-order chi connectivity index (χ0) is 17.6. The van der Waals surface area contributed by atoms with Crippen molar-refractivity contribution in [2.75, 3.05) is 13.2 Å². The number of ether oxygens (including phenoxy) is 2. The molecule has 1 saturated heterocycles. The van der Waals surface area contributed by atoms with E-state index in [4.69, 9.17) is 21.7 Å². The number of hydrogen-bond acceptors (Lipinski definition) is 6. The average molecular weight is 362 g/mol. The van der Waals surface area contributed by atoms with Gasteiger partial charge in [0.25, 0.3) is 5.69 Å². The number of non-ortho nitro benzene ring substituents is 1. The van der Waals surface area contributed by atoms with Crippen molar-refractivity contribution in [1.29, 1.82) is 0 Å². The molecule has 2 heterocycles. The first-order valence-electron chi connectivity index (χ1n) is 8.13. The number of hydrogen-bond donors (Lipinski definition) is 1. The van der Waals surface area contributed by atoms with Crippen LogP contribution in [0.25, 0.3) is 0 Å². The third-order valence-electron chi connectivity index (χ3n) is 5.06. The third-order valence-corrected chi connectivity index (χ3v) is 5.43. The Labute approximate surface area is 148 Å². The number of aromatic nitrogens is 3. The first-order valence-corrected chi connectivity index (χ1v) is 8.53. The van der Waals surface area contributed by atoms with Gasteiger partial charge < -0.3 is 14.0 Å². The van der Waals surface area contributed by atoms with E-state index in [1.54, 1.807) is 12.1 Å². The van der Waals surface area contributed by atoms with E-state index < -0.39 is 5.79 Å². The van der Waals surface area contributed by atoms with Crippen LogP contribution in [0.2, 0.25) is 0 Å². The minimum Gasteiger partial charge on any atom is -0.348 e. The van der Waals surface area contributed by atoms with Crippen molar-refractivity contribution >= 4 is 17.9 Å². The van der Waals surface area contributed by atoms with E-state index in [1.165, 1.54) is 6.07 Å². The van der Waals surface area contributed by atoms with Gasteiger partial charge in [0.15, 0.2) is 10.6 Å². The highest BCUT2D eigenvalue weighted by Gasteiger charge is 2.53. The number of benzene rings is 1. The first-order chi connectivity index (χ1) is 12.0. The van der Waals surface area contributed by atoms with Crippen molar-refractivity contribution in [3.8, 4) is 0 Å². The summed E-state index contributed by atoms with van der Waals surface area (Å²) in [7, 11) is 1.85. The lowest BCUT2D eigenvalue weighted by molar-refractivity contribution is -0.384. The summed E-state index contributed by atoms with van der Waals surface area (Å²) in [5, 5.41) is 18.3. The van der Waals surface area contributed by atoms with Crippen LogP contribution in [0.3, 0.4) is 0 Å². The van der Waals surface area contributed by atoms with Crippen LogP contribution < -0.4 is 0 Å². The molecule has 1 aromatic carbocycles. The van der Waals surface area contributed by atoms with Crippen LogP contribution in [0.5, 0.6) is 0 Å². The molecule has 1 aliphatic carbocycles. The van der Waals surface area contributed by atoms with E-state index >= 15 is 0 Å². The maximum absolute atomic E-state index is 11.2. The molecule has 8 nitrogen and oxygen atoms in total. The van der Waals surface area contributed by atoms with Gasteiger partial charge in [0.1, 0.15) is 5.82 Å². The Bertz CT molecular complexity index is 863. The molecule has 1 atom stereocenters. The molecular weight excluding hydrogens is 344 g/mol. The number of H-pyrrole nitrogens is 1. The molecule has 0 radical (unpaired) electrons. The number of nitrogens with one attached hydrogen (secondary N) is 1. The fourth-order valence-electron chi connectivity index (χ4n) is 3.81. The van der Waals surface area contributed by atoms with E-state index in [0.717, 1.165) is 24.2 Å². The molecule has 1 spiro atoms. The summed E-state index contributed by atoms with van der Waals surface area (Å²) in [6, 6.07) is 6.72. The summed E-state index contributed by atoms with van der Waals surface area (Å²) < 4.78 is 13.8. The van der Waals surface area contributed by atoms with Crippen LogP contribution in [-0.4, -0.2) is 38.7 Å². The van der Waals surface area contributed by atoms with Crippen molar-refractivity contribution in [3.63, 3.8) is 0 Å². The second-order valence-electron chi connectivity index (χ2n) is 6.55. The molecule has 1 aromatic heterocycles. The molecule has 1 aliphatic heterocycles. The summed E-state index contributed by atoms with van der Waals surface area (Å²) in [4.78, 5) is 10.8. The van der Waals surface area contributed by atoms with Crippen molar-refractivity contribution in [2.24, 2.45) is 13.0 Å². The van der Waals surface area contributed by atoms with E-state index in [9.17, 15) is 10.1 Å². The maximum Gasteiger partial charge on any atom is 0.269 e. The fraction of sp³-hybridized carbons (Fsp3) is 0.500. The Morgan fingerprint density at radius 2 is 2.16 bits per heavy atom. The summed E-state index contributed by atoms with van der Waals surface area (Å²) in [5.74, 6) is 0.374. The fourth-order valence-corrected chi connectivity index (χ4v) is 3.95. The Balaban J connectivity index is 1.72. The molecule has 2 fully saturated rings. The molecule has 0 bridgehead atoms. The summed E-state index contributed by atoms with van der Waals surface area (Å²) in [6.07, 6.45) is 1.47. The normalized spacial score (nSPS) is 20.5. The van der Waals surface area contributed by atoms with Gasteiger partial charge in [-0.05, 0) is 23.7 Å². The lowest BCUT2D eigenvalue weighted by Crippen LogP contribution is -2.47. The zero-order valence-corrected chi connectivity index (χ0v) is 14.5. The SMILES string of the molecule is Cn1c(C(c2cccc([N+](=O)[O-])c2)C2CC3(C2)OCCO3)n[nH]c1=S. The van der Waals surface area contributed by atoms with Crippen molar-refractivity contribution in [2.45, 2.75) is 24.5 Å². The molecule has 1 saturated carbocycles. The average Bonchev–Trinajstić information content (AvgIpc) is 3.18. The van der Waals surface area contributed by atoms with Gasteiger partial charge in [-0.3, -0.25) is 15.2 Å². The maximum atomic E-state index is 11.2. The minimum atomic E-state index is -0.491. The lowest BCUT2D eigenvalue weighted by atomic mass is 9.68. The molecule has 2 aliphatic rings. The Kier molecular flexibility index (Phi) is 3.94. The molecule has 132 valence electrons. The standard InChI is InChI=1S/C16H18N4O4S/c1-19-14(17-18-15(19)25)13(10-3-2-4-12(7-10)20(21)22)11-8-16(9-11)23-5-6-24-16/h2-4,7,11,13H,5-6,8-9H2,1H3,(H,18,25). The highest BCUT2D eigenvalue weighted by Crippen LogP contribution is 2.52. The smallest absolute Gasteiger partial charge is 0.269 e.